The molecule has 0 radical (unpaired) electrons. The van der Waals surface area contributed by atoms with Crippen LogP contribution in [0.4, 0.5) is 0 Å². The molecule has 3 heterocycles. The highest BCUT2D eigenvalue weighted by Gasteiger charge is 2.29. The first-order chi connectivity index (χ1) is 11.1. The molecule has 2 aromatic heterocycles. The van der Waals surface area contributed by atoms with E-state index in [2.05, 4.69) is 16.8 Å². The predicted octanol–water partition coefficient (Wildman–Crippen LogP) is 3.37. The molecule has 1 N–H and O–H groups in total. The molecule has 2 unspecified atom stereocenters. The Morgan fingerprint density at radius 1 is 1.39 bits per heavy atom. The first kappa shape index (κ1) is 16.1. The van der Waals surface area contributed by atoms with Crippen LogP contribution in [0.3, 0.4) is 0 Å². The van der Waals surface area contributed by atoms with E-state index in [-0.39, 0.29) is 5.92 Å². The highest BCUT2D eigenvalue weighted by Crippen LogP contribution is 2.29. The summed E-state index contributed by atoms with van der Waals surface area (Å²) in [5.41, 5.74) is 0. The summed E-state index contributed by atoms with van der Waals surface area (Å²) in [6.07, 6.45) is 2.51. The predicted molar refractivity (Wildman–Crippen MR) is 87.3 cm³/mol. The first-order valence-corrected chi connectivity index (χ1v) is 8.54. The zero-order valence-electron chi connectivity index (χ0n) is 13.0. The summed E-state index contributed by atoms with van der Waals surface area (Å²) in [5, 5.41) is 10.9. The summed E-state index contributed by atoms with van der Waals surface area (Å²) in [6.45, 7) is 4.25. The monoisotopic (exact) mass is 332 g/mol. The van der Waals surface area contributed by atoms with Gasteiger partial charge in [-0.05, 0) is 48.4 Å². The maximum Gasteiger partial charge on any atom is 0.307 e. The molecule has 1 saturated heterocycles. The van der Waals surface area contributed by atoms with Crippen LogP contribution in [0.25, 0.3) is 0 Å². The summed E-state index contributed by atoms with van der Waals surface area (Å²) in [7, 11) is 0. The lowest BCUT2D eigenvalue weighted by Crippen LogP contribution is -2.41. The van der Waals surface area contributed by atoms with E-state index < -0.39 is 5.97 Å². The van der Waals surface area contributed by atoms with Gasteiger partial charge in [-0.25, -0.2) is 4.98 Å². The van der Waals surface area contributed by atoms with Crippen molar-refractivity contribution in [1.82, 2.24) is 9.88 Å². The Kier molecular flexibility index (Phi) is 5.03. The van der Waals surface area contributed by atoms with E-state index in [0.717, 1.165) is 28.8 Å². The first-order valence-electron chi connectivity index (χ1n) is 7.73. The van der Waals surface area contributed by atoms with Gasteiger partial charge in [0.2, 0.25) is 0 Å². The highest BCUT2D eigenvalue weighted by atomic mass is 32.2. The molecule has 0 spiro atoms. The maximum absolute atomic E-state index is 11.2. The molecule has 2 atom stereocenters. The third kappa shape index (κ3) is 4.36. The number of furan rings is 1. The summed E-state index contributed by atoms with van der Waals surface area (Å²) < 4.78 is 5.86. The Balaban J connectivity index is 1.61. The quantitative estimate of drug-likeness (QED) is 0.905. The van der Waals surface area contributed by atoms with Gasteiger partial charge in [-0.2, -0.15) is 0 Å². The van der Waals surface area contributed by atoms with Crippen LogP contribution < -0.4 is 0 Å². The van der Waals surface area contributed by atoms with Gasteiger partial charge in [-0.3, -0.25) is 9.69 Å². The number of carboxylic acids is 1. The molecule has 1 fully saturated rings. The minimum atomic E-state index is -0.701. The van der Waals surface area contributed by atoms with E-state index in [1.54, 1.807) is 6.20 Å². The fourth-order valence-corrected chi connectivity index (χ4v) is 3.75. The van der Waals surface area contributed by atoms with Gasteiger partial charge in [0.25, 0.3) is 0 Å². The Morgan fingerprint density at radius 2 is 2.26 bits per heavy atom. The van der Waals surface area contributed by atoms with Crippen LogP contribution in [0, 0.1) is 11.8 Å². The number of pyridine rings is 1. The molecular formula is C17H20N2O3S. The Bertz CT molecular complexity index is 659. The van der Waals surface area contributed by atoms with Gasteiger partial charge in [0, 0.05) is 19.3 Å². The van der Waals surface area contributed by atoms with Crippen LogP contribution in [0.15, 0.2) is 51.1 Å². The minimum Gasteiger partial charge on any atom is -0.481 e. The molecule has 23 heavy (non-hydrogen) atoms. The number of piperidine rings is 1. The number of hydrogen-bond donors (Lipinski definition) is 1. The van der Waals surface area contributed by atoms with Gasteiger partial charge < -0.3 is 9.52 Å². The van der Waals surface area contributed by atoms with Crippen molar-refractivity contribution in [3.05, 3.63) is 42.3 Å². The number of nitrogens with zero attached hydrogens (tertiary/aromatic N) is 2. The van der Waals surface area contributed by atoms with Crippen LogP contribution >= 0.6 is 11.8 Å². The van der Waals surface area contributed by atoms with E-state index in [9.17, 15) is 9.90 Å². The number of carbonyl (C=O) groups is 1. The van der Waals surface area contributed by atoms with E-state index in [1.165, 1.54) is 11.8 Å². The van der Waals surface area contributed by atoms with Crippen LogP contribution in [-0.4, -0.2) is 34.0 Å². The molecule has 1 aliphatic rings. The van der Waals surface area contributed by atoms with E-state index >= 15 is 0 Å². The molecule has 0 saturated carbocycles. The normalized spacial score (nSPS) is 22.1. The lowest BCUT2D eigenvalue weighted by Gasteiger charge is -2.34. The van der Waals surface area contributed by atoms with Gasteiger partial charge in [0.05, 0.1) is 12.5 Å². The minimum absolute atomic E-state index is 0.281. The largest absolute Gasteiger partial charge is 0.481 e. The number of aliphatic carboxylic acids is 1. The second kappa shape index (κ2) is 7.19. The van der Waals surface area contributed by atoms with Crippen molar-refractivity contribution >= 4 is 17.7 Å². The van der Waals surface area contributed by atoms with Crippen molar-refractivity contribution < 1.29 is 14.3 Å². The Hall–Kier alpha value is -1.79. The van der Waals surface area contributed by atoms with Crippen molar-refractivity contribution in [2.75, 3.05) is 13.1 Å². The molecule has 0 aliphatic carbocycles. The Morgan fingerprint density at radius 3 is 3.00 bits per heavy atom. The summed E-state index contributed by atoms with van der Waals surface area (Å²) >= 11 is 1.49. The lowest BCUT2D eigenvalue weighted by atomic mass is 9.90. The smallest absolute Gasteiger partial charge is 0.307 e. The second-order valence-electron chi connectivity index (χ2n) is 6.06. The maximum atomic E-state index is 11.2. The number of aromatic nitrogens is 1. The zero-order valence-corrected chi connectivity index (χ0v) is 13.8. The van der Waals surface area contributed by atoms with Crippen molar-refractivity contribution in [3.8, 4) is 0 Å². The average molecular weight is 332 g/mol. The van der Waals surface area contributed by atoms with Crippen LogP contribution in [0.2, 0.25) is 0 Å². The summed E-state index contributed by atoms with van der Waals surface area (Å²) in [4.78, 5) is 17.7. The van der Waals surface area contributed by atoms with Gasteiger partial charge in [-0.15, -0.1) is 0 Å². The number of hydrogen-bond acceptors (Lipinski definition) is 5. The average Bonchev–Trinajstić information content (AvgIpc) is 2.94. The lowest BCUT2D eigenvalue weighted by molar-refractivity contribution is -0.144. The molecule has 122 valence electrons. The summed E-state index contributed by atoms with van der Waals surface area (Å²) in [5.74, 6) is 0.271. The topological polar surface area (TPSA) is 66.6 Å². The third-order valence-corrected chi connectivity index (χ3v) is 4.82. The van der Waals surface area contributed by atoms with Gasteiger partial charge in [0.15, 0.2) is 5.09 Å². The SMILES string of the molecule is CC1CC(C(=O)O)CN(Cc2ccc(Sc3ccccn3)o2)C1. The standard InChI is InChI=1S/C17H20N2O3S/c1-12-8-13(17(20)21)10-19(9-12)11-14-5-6-16(22-14)23-15-4-2-3-7-18-15/h2-7,12-13H,8-11H2,1H3,(H,20,21). The van der Waals surface area contributed by atoms with Crippen molar-refractivity contribution in [2.45, 2.75) is 30.0 Å². The Labute approximate surface area is 139 Å². The fourth-order valence-electron chi connectivity index (χ4n) is 3.00. The van der Waals surface area contributed by atoms with Gasteiger partial charge >= 0.3 is 5.97 Å². The summed E-state index contributed by atoms with van der Waals surface area (Å²) in [6, 6.07) is 9.67. The van der Waals surface area contributed by atoms with Crippen LogP contribution in [-0.2, 0) is 11.3 Å². The number of likely N-dealkylation sites (tertiary alicyclic amines) is 1. The van der Waals surface area contributed by atoms with Crippen LogP contribution in [0.1, 0.15) is 19.1 Å². The van der Waals surface area contributed by atoms with E-state index in [4.69, 9.17) is 4.42 Å². The fraction of sp³-hybridized carbons (Fsp3) is 0.412. The highest BCUT2D eigenvalue weighted by molar-refractivity contribution is 7.99. The van der Waals surface area contributed by atoms with Gasteiger partial charge in [-0.1, -0.05) is 13.0 Å². The van der Waals surface area contributed by atoms with E-state index in [1.807, 2.05) is 30.3 Å². The number of carboxylic acid groups (broad SMARTS) is 1. The van der Waals surface area contributed by atoms with Crippen molar-refractivity contribution in [2.24, 2.45) is 11.8 Å². The van der Waals surface area contributed by atoms with E-state index in [0.29, 0.717) is 19.0 Å². The molecule has 5 nitrogen and oxygen atoms in total. The molecule has 3 rings (SSSR count). The van der Waals surface area contributed by atoms with Crippen LogP contribution in [0.5, 0.6) is 0 Å². The zero-order chi connectivity index (χ0) is 16.2. The van der Waals surface area contributed by atoms with Crippen molar-refractivity contribution in [3.63, 3.8) is 0 Å². The molecular weight excluding hydrogens is 312 g/mol. The third-order valence-electron chi connectivity index (χ3n) is 3.94. The molecule has 0 bridgehead atoms. The molecule has 2 aromatic rings. The number of rotatable bonds is 5. The molecule has 1 aliphatic heterocycles. The molecule has 6 heteroatoms. The molecule has 0 aromatic carbocycles. The van der Waals surface area contributed by atoms with Crippen molar-refractivity contribution in [1.29, 1.82) is 0 Å². The van der Waals surface area contributed by atoms with Gasteiger partial charge in [0.1, 0.15) is 10.8 Å². The molecule has 0 amide bonds. The second-order valence-corrected chi connectivity index (χ2v) is 7.09.